The van der Waals surface area contributed by atoms with Crippen LogP contribution < -0.4 is 5.11 Å². The molecule has 0 aromatic carbocycles. The van der Waals surface area contributed by atoms with Crippen molar-refractivity contribution in [2.75, 3.05) is 0 Å². The van der Waals surface area contributed by atoms with Gasteiger partial charge in [0, 0.05) is 17.8 Å². The quantitative estimate of drug-likeness (QED) is 0.717. The number of alkyl halides is 4. The highest BCUT2D eigenvalue weighted by molar-refractivity contribution is 6.67. The largest absolute Gasteiger partial charge is 0.550 e. The maximum Gasteiger partial charge on any atom is 0.192 e. The van der Waals surface area contributed by atoms with E-state index in [9.17, 15) is 9.90 Å². The Bertz CT molecular complexity index is 154. The van der Waals surface area contributed by atoms with Crippen molar-refractivity contribution in [3.63, 3.8) is 0 Å². The van der Waals surface area contributed by atoms with E-state index >= 15 is 0 Å². The number of carbonyl (C=O) groups excluding carboxylic acids is 1. The molecule has 72 valence electrons. The molecular weight excluding hydrogens is 246 g/mol. The molecule has 0 heterocycles. The van der Waals surface area contributed by atoms with Gasteiger partial charge < -0.3 is 9.90 Å². The van der Waals surface area contributed by atoms with Crippen molar-refractivity contribution in [1.29, 1.82) is 0 Å². The summed E-state index contributed by atoms with van der Waals surface area (Å²) in [6.45, 7) is 0. The molecule has 0 amide bonds. The second-order valence-electron chi connectivity index (χ2n) is 2.33. The summed E-state index contributed by atoms with van der Waals surface area (Å²) in [5, 5.41) is 9.55. The average molecular weight is 253 g/mol. The van der Waals surface area contributed by atoms with Crippen molar-refractivity contribution < 1.29 is 9.90 Å². The van der Waals surface area contributed by atoms with Crippen LogP contribution in [0.25, 0.3) is 0 Å². The molecule has 0 saturated heterocycles. The number of carboxylic acid groups (broad SMARTS) is 1. The third-order valence-corrected chi connectivity index (χ3v) is 1.95. The summed E-state index contributed by atoms with van der Waals surface area (Å²) in [5.74, 6) is -1.15. The molecule has 0 aromatic rings. The zero-order valence-corrected chi connectivity index (χ0v) is 9.05. The molecule has 0 aliphatic carbocycles. The summed E-state index contributed by atoms with van der Waals surface area (Å²) in [7, 11) is 0. The van der Waals surface area contributed by atoms with Crippen LogP contribution in [0, 0.1) is 0 Å². The van der Waals surface area contributed by atoms with E-state index < -0.39 is 15.1 Å². The molecule has 0 saturated carbocycles. The number of rotatable bonds is 4. The predicted octanol–water partition coefficient (Wildman–Crippen LogP) is 1.88. The first-order chi connectivity index (χ1) is 5.31. The Labute approximate surface area is 90.7 Å². The monoisotopic (exact) mass is 251 g/mol. The minimum Gasteiger partial charge on any atom is -0.550 e. The van der Waals surface area contributed by atoms with E-state index in [0.717, 1.165) is 0 Å². The molecule has 1 atom stereocenters. The van der Waals surface area contributed by atoms with Crippen LogP contribution in [-0.4, -0.2) is 15.1 Å². The van der Waals surface area contributed by atoms with E-state index in [1.54, 1.807) is 0 Å². The van der Waals surface area contributed by atoms with E-state index in [1.165, 1.54) is 0 Å². The molecule has 0 rings (SSSR count). The fraction of sp³-hybridized carbons (Fsp3) is 0.833. The lowest BCUT2D eigenvalue weighted by atomic mass is 10.2. The molecule has 0 spiro atoms. The molecule has 0 bridgehead atoms. The Balaban J connectivity index is 3.60. The van der Waals surface area contributed by atoms with Crippen molar-refractivity contribution in [3.05, 3.63) is 0 Å². The van der Waals surface area contributed by atoms with Crippen LogP contribution in [0.15, 0.2) is 0 Å². The van der Waals surface area contributed by atoms with Crippen LogP contribution in [0.4, 0.5) is 0 Å². The van der Waals surface area contributed by atoms with Crippen molar-refractivity contribution in [3.8, 4) is 0 Å². The third-order valence-electron chi connectivity index (χ3n) is 1.11. The van der Waals surface area contributed by atoms with Gasteiger partial charge in [0.05, 0.1) is 0 Å². The molecule has 0 fully saturated rings. The molecule has 0 aromatic heterocycles. The third kappa shape index (κ3) is 8.72. The summed E-state index contributed by atoms with van der Waals surface area (Å²) < 4.78 is -1.42. The van der Waals surface area contributed by atoms with Crippen molar-refractivity contribution in [1.82, 2.24) is 0 Å². The van der Waals surface area contributed by atoms with E-state index in [4.69, 9.17) is 46.4 Å². The van der Waals surface area contributed by atoms with Gasteiger partial charge in [-0.15, -0.1) is 11.6 Å². The smallest absolute Gasteiger partial charge is 0.192 e. The second-order valence-corrected chi connectivity index (χ2v) is 5.46. The predicted molar refractivity (Wildman–Crippen MR) is 48.8 cm³/mol. The summed E-state index contributed by atoms with van der Waals surface area (Å²) in [4.78, 5) is 10.0. The van der Waals surface area contributed by atoms with Gasteiger partial charge in [-0.3, -0.25) is 0 Å². The Morgan fingerprint density at radius 1 is 1.42 bits per heavy atom. The van der Waals surface area contributed by atoms with Crippen LogP contribution in [0.1, 0.15) is 19.3 Å². The number of carboxylic acids is 1. The average Bonchev–Trinajstić information content (AvgIpc) is 1.79. The molecule has 1 unspecified atom stereocenters. The van der Waals surface area contributed by atoms with Crippen LogP contribution in [-0.2, 0) is 4.79 Å². The highest BCUT2D eigenvalue weighted by atomic mass is 35.6. The van der Waals surface area contributed by atoms with Gasteiger partial charge in [0.2, 0.25) is 0 Å². The van der Waals surface area contributed by atoms with Gasteiger partial charge in [-0.05, 0) is 12.8 Å². The lowest BCUT2D eigenvalue weighted by Gasteiger charge is -2.15. The molecule has 12 heavy (non-hydrogen) atoms. The van der Waals surface area contributed by atoms with Gasteiger partial charge in [0.1, 0.15) is 0 Å². The number of hydrogen-bond acceptors (Lipinski definition) is 2. The van der Waals surface area contributed by atoms with Gasteiger partial charge in [-0.1, -0.05) is 34.8 Å². The summed E-state index contributed by atoms with van der Waals surface area (Å²) in [6.07, 6.45) is 0.263. The summed E-state index contributed by atoms with van der Waals surface area (Å²) in [6, 6.07) is 0. The fourth-order valence-corrected chi connectivity index (χ4v) is 1.76. The standard InChI is InChI=1S/C6H8Cl4O2/c7-4(1-2-5(11)12)3-6(8,9)10/h4H,1-3H2,(H,11,12)/p-1. The maximum atomic E-state index is 10.0. The van der Waals surface area contributed by atoms with E-state index in [2.05, 4.69) is 0 Å². The van der Waals surface area contributed by atoms with Crippen LogP contribution >= 0.6 is 46.4 Å². The number of hydrogen-bond donors (Lipinski definition) is 0. The summed E-state index contributed by atoms with van der Waals surface area (Å²) in [5.41, 5.74) is 0. The van der Waals surface area contributed by atoms with Crippen LogP contribution in [0.5, 0.6) is 0 Å². The first kappa shape index (κ1) is 12.6. The lowest BCUT2D eigenvalue weighted by molar-refractivity contribution is -0.305. The highest BCUT2D eigenvalue weighted by Crippen LogP contribution is 2.33. The van der Waals surface area contributed by atoms with Gasteiger partial charge in [0.25, 0.3) is 0 Å². The zero-order valence-electron chi connectivity index (χ0n) is 6.03. The fourth-order valence-electron chi connectivity index (χ4n) is 0.628. The highest BCUT2D eigenvalue weighted by Gasteiger charge is 2.23. The molecule has 0 aliphatic rings. The second kappa shape index (κ2) is 5.38. The zero-order chi connectivity index (χ0) is 9.78. The topological polar surface area (TPSA) is 40.1 Å². The maximum absolute atomic E-state index is 10.0. The number of aliphatic carboxylic acids is 1. The molecular formula is C6H7Cl4O2-. The lowest BCUT2D eigenvalue weighted by Crippen LogP contribution is -2.23. The SMILES string of the molecule is O=C([O-])CCC(Cl)CC(Cl)(Cl)Cl. The molecule has 0 aliphatic heterocycles. The van der Waals surface area contributed by atoms with Gasteiger partial charge in [0.15, 0.2) is 3.79 Å². The van der Waals surface area contributed by atoms with E-state index in [0.29, 0.717) is 0 Å². The molecule has 2 nitrogen and oxygen atoms in total. The molecule has 6 heteroatoms. The summed E-state index contributed by atoms with van der Waals surface area (Å²) >= 11 is 21.9. The van der Waals surface area contributed by atoms with Gasteiger partial charge >= 0.3 is 0 Å². The number of halogens is 4. The van der Waals surface area contributed by atoms with Crippen LogP contribution in [0.3, 0.4) is 0 Å². The normalized spacial score (nSPS) is 14.3. The van der Waals surface area contributed by atoms with Gasteiger partial charge in [-0.2, -0.15) is 0 Å². The van der Waals surface area contributed by atoms with Crippen molar-refractivity contribution >= 4 is 52.4 Å². The Morgan fingerprint density at radius 2 is 1.92 bits per heavy atom. The van der Waals surface area contributed by atoms with E-state index in [1.807, 2.05) is 0 Å². The molecule has 0 radical (unpaired) electrons. The number of carbonyl (C=O) groups is 1. The Morgan fingerprint density at radius 3 is 2.25 bits per heavy atom. The van der Waals surface area contributed by atoms with Crippen LogP contribution in [0.2, 0.25) is 0 Å². The van der Waals surface area contributed by atoms with Gasteiger partial charge in [-0.25, -0.2) is 0 Å². The first-order valence-corrected chi connectivity index (χ1v) is 4.79. The molecule has 0 N–H and O–H groups in total. The van der Waals surface area contributed by atoms with E-state index in [-0.39, 0.29) is 19.3 Å². The van der Waals surface area contributed by atoms with Crippen molar-refractivity contribution in [2.24, 2.45) is 0 Å². The Kier molecular flexibility index (Phi) is 5.66. The minimum atomic E-state index is -1.42. The first-order valence-electron chi connectivity index (χ1n) is 3.22. The van der Waals surface area contributed by atoms with Crippen molar-refractivity contribution in [2.45, 2.75) is 28.4 Å². The Hall–Kier alpha value is 0.630. The minimum absolute atomic E-state index is 0.116.